The van der Waals surface area contributed by atoms with Crippen LogP contribution in [0.5, 0.6) is 0 Å². The number of aryl methyl sites for hydroxylation is 8. The van der Waals surface area contributed by atoms with Gasteiger partial charge in [-0.15, -0.1) is 45.3 Å². The van der Waals surface area contributed by atoms with Crippen molar-refractivity contribution in [3.05, 3.63) is 145 Å². The third-order valence-corrected chi connectivity index (χ3v) is 38.8. The zero-order chi connectivity index (χ0) is 97.1. The average molecular weight is 2020 g/mol. The van der Waals surface area contributed by atoms with Crippen LogP contribution in [0.2, 0.25) is 0 Å². The Hall–Kier alpha value is -12.0. The van der Waals surface area contributed by atoms with Crippen molar-refractivity contribution >= 4 is 175 Å². The number of rotatable bonds is 26. The van der Waals surface area contributed by atoms with Crippen LogP contribution in [0.4, 0.5) is 66.5 Å². The minimum Gasteiger partial charge on any atom is -0.353 e. The fraction of sp³-hybridized carbons (Fsp3) is 0.388. The van der Waals surface area contributed by atoms with Gasteiger partial charge >= 0.3 is 0 Å². The van der Waals surface area contributed by atoms with E-state index in [4.69, 9.17) is 37.1 Å². The first kappa shape index (κ1) is 95.3. The average Bonchev–Trinajstić information content (AvgIpc) is 1.59. The van der Waals surface area contributed by atoms with E-state index in [9.17, 15) is 33.7 Å². The molecule has 5 fully saturated rings. The summed E-state index contributed by atoms with van der Waals surface area (Å²) in [5, 5.41) is 55.5. The van der Waals surface area contributed by atoms with Gasteiger partial charge in [0.25, 0.3) is 40.1 Å². The molecule has 0 radical (unpaired) electrons. The molecular formula is C85H108N36O8S8. The van der Waals surface area contributed by atoms with Gasteiger partial charge in [0.2, 0.25) is 0 Å². The molecule has 0 aromatic carbocycles. The fourth-order valence-corrected chi connectivity index (χ4v) is 28.0. The number of thiophene rings is 4. The van der Waals surface area contributed by atoms with Crippen molar-refractivity contribution < 1.29 is 33.7 Å². The van der Waals surface area contributed by atoms with Crippen LogP contribution in [0.15, 0.2) is 140 Å². The van der Waals surface area contributed by atoms with E-state index in [-0.39, 0.29) is 18.1 Å². The number of nitrogens with one attached hydrogen (secondary N) is 5. The molecule has 52 heteroatoms. The second-order valence-corrected chi connectivity index (χ2v) is 48.8. The molecule has 21 heterocycles. The van der Waals surface area contributed by atoms with Gasteiger partial charge in [0.1, 0.15) is 63.4 Å². The first-order chi connectivity index (χ1) is 65.2. The number of nitrogens with two attached hydrogens (primary N) is 3. The Balaban J connectivity index is 0.000000122. The quantitative estimate of drug-likeness (QED) is 0.0253. The van der Waals surface area contributed by atoms with Crippen LogP contribution in [0, 0.1) is 27.7 Å². The summed E-state index contributed by atoms with van der Waals surface area (Å²) in [6.07, 6.45) is 26.2. The number of nitrogens with zero attached hydrogens (tertiary/aromatic N) is 28. The molecule has 5 aliphatic heterocycles. The summed E-state index contributed by atoms with van der Waals surface area (Å²) in [4.78, 5) is 28.7. The molecule has 724 valence electrons. The standard InChI is InChI=1S/C22H27N9O2S2.C22H29N9O2S2.C21H27N9O2S2.C20H25N9O2S2/c1-13-5-20(34-22(13)35(32,33)28(2)3)26-19-7-18(30-12-15-6-16(30)9-23-15)27-21-17(10-25-31(19)21)14-8-24-29(4)11-14;1-14-8-20(34-22(14)35(32,33)28(2)3)26-19-9-18(30-7-5-6-16(30)10-23)27-21-17(12-25-31(19)21)15-11-24-29(4)13-15;1-13-7-19(33-21(13)34(31,32)27(2)3)25-18-8-17(29-6-5-15(29)9-22)26-20-16(11-24-30(18)20)14-10-23-28(4)12-14;1-12-5-18(32-20(12)33(30,31)26(2)3)24-17-6-16(28-10-14(21)11-28)25-19-15(8-23-29(17)19)13-7-22-27(4)9-13/h5,7-8,10-11,15-16,23,26H,6,9,12H2,1-4H3;8-9,11-13,16,26H,5-7,10,23H2,1-4H3;7-8,10-12,15,25H,5-6,9,22H2,1-4H3;5-9,14,24H,10-11,21H2,1-4H3/t15-,16-;16-;;/m01../s1. The maximum absolute atomic E-state index is 12.8. The van der Waals surface area contributed by atoms with Crippen LogP contribution >= 0.6 is 45.3 Å². The van der Waals surface area contributed by atoms with E-state index in [0.717, 1.165) is 149 Å². The van der Waals surface area contributed by atoms with E-state index in [1.165, 1.54) is 105 Å². The number of fused-ring (bicyclic) bond motifs is 6. The molecule has 44 nitrogen and oxygen atoms in total. The smallest absolute Gasteiger partial charge is 0.252 e. The Kier molecular flexibility index (Phi) is 26.0. The van der Waals surface area contributed by atoms with E-state index in [2.05, 4.69) is 87.0 Å². The van der Waals surface area contributed by atoms with Gasteiger partial charge in [-0.25, -0.2) is 70.8 Å². The SMILES string of the molecule is Cc1cc(Nc2cc(N3CC(N)C3)nc3c(-c4cnn(C)c4)cnn23)sc1S(=O)(=O)N(C)C.Cc1cc(Nc2cc(N3CCC3CN)nc3c(-c4cnn(C)c4)cnn23)sc1S(=O)(=O)N(C)C.Cc1cc(Nc2cc(N3CCC[C@@H]3CN)nc3c(-c4cnn(C)c4)cnn23)sc1S(=O)(=O)N(C)C.Cc1cc(Nc2cc(N3C[C@@H]4C[C@H]3CN4)nc3c(-c4cnn(C)c4)cnn23)sc1S(=O)(=O)N(C)C. The molecule has 0 amide bonds. The Morgan fingerprint density at radius 2 is 0.693 bits per heavy atom. The molecule has 0 spiro atoms. The highest BCUT2D eigenvalue weighted by Crippen LogP contribution is 2.44. The molecule has 16 aromatic rings. The van der Waals surface area contributed by atoms with Crippen LogP contribution in [0.3, 0.4) is 0 Å². The number of piperazine rings is 1. The van der Waals surface area contributed by atoms with E-state index < -0.39 is 40.1 Å². The summed E-state index contributed by atoms with van der Waals surface area (Å²) in [7, 11) is 5.64. The normalized spacial score (nSPS) is 17.0. The number of hydrogen-bond acceptors (Lipinski definition) is 36. The molecule has 0 aliphatic carbocycles. The summed E-state index contributed by atoms with van der Waals surface area (Å²) in [5.41, 5.74) is 30.7. The van der Waals surface area contributed by atoms with Gasteiger partial charge in [0.05, 0.1) is 69.6 Å². The molecule has 4 atom stereocenters. The van der Waals surface area contributed by atoms with Crippen molar-refractivity contribution in [2.24, 2.45) is 45.4 Å². The van der Waals surface area contributed by atoms with Crippen molar-refractivity contribution in [2.45, 2.75) is 100 Å². The first-order valence-electron chi connectivity index (χ1n) is 43.9. The predicted octanol–water partition coefficient (Wildman–Crippen LogP) is 8.14. The van der Waals surface area contributed by atoms with E-state index in [1.807, 2.05) is 108 Å². The van der Waals surface area contributed by atoms with Crippen molar-refractivity contribution in [2.75, 3.05) is 150 Å². The number of hydrogen-bond donors (Lipinski definition) is 8. The monoisotopic (exact) mass is 2020 g/mol. The van der Waals surface area contributed by atoms with Crippen LogP contribution in [-0.4, -0.2) is 287 Å². The van der Waals surface area contributed by atoms with Gasteiger partial charge in [-0.05, 0) is 99.9 Å². The van der Waals surface area contributed by atoms with Crippen molar-refractivity contribution in [1.29, 1.82) is 0 Å². The predicted molar refractivity (Wildman–Crippen MR) is 536 cm³/mol. The molecule has 2 bridgehead atoms. The summed E-state index contributed by atoms with van der Waals surface area (Å²) in [5.74, 6) is 6.07. The van der Waals surface area contributed by atoms with Crippen LogP contribution in [0.25, 0.3) is 67.1 Å². The van der Waals surface area contributed by atoms with E-state index in [0.29, 0.717) is 114 Å². The van der Waals surface area contributed by atoms with E-state index in [1.54, 1.807) is 121 Å². The molecule has 5 aliphatic rings. The highest BCUT2D eigenvalue weighted by atomic mass is 32.3. The number of anilines is 12. The fourth-order valence-electron chi connectivity index (χ4n) is 17.0. The third-order valence-electron chi connectivity index (χ3n) is 24.5. The topological polar surface area (TPSA) is 493 Å². The molecule has 0 saturated carbocycles. The molecule has 16 aromatic heterocycles. The molecule has 1 unspecified atom stereocenters. The van der Waals surface area contributed by atoms with E-state index >= 15 is 0 Å². The van der Waals surface area contributed by atoms with Gasteiger partial charge < -0.3 is 63.4 Å². The molecule has 21 rings (SSSR count). The van der Waals surface area contributed by atoms with Gasteiger partial charge in [-0.3, -0.25) is 18.7 Å². The molecule has 5 saturated heterocycles. The van der Waals surface area contributed by atoms with Crippen molar-refractivity contribution in [1.82, 2.24) is 120 Å². The lowest BCUT2D eigenvalue weighted by Gasteiger charge is -2.41. The summed E-state index contributed by atoms with van der Waals surface area (Å²) in [6, 6.07) is 16.7. The molecule has 11 N–H and O–H groups in total. The third kappa shape index (κ3) is 18.5. The van der Waals surface area contributed by atoms with Crippen LogP contribution in [0.1, 0.15) is 47.9 Å². The van der Waals surface area contributed by atoms with Gasteiger partial charge in [0, 0.05) is 261 Å². The second kappa shape index (κ2) is 37.4. The summed E-state index contributed by atoms with van der Waals surface area (Å²) >= 11 is 4.80. The Bertz CT molecular complexity index is 7520. The van der Waals surface area contributed by atoms with Gasteiger partial charge in [0.15, 0.2) is 22.6 Å². The lowest BCUT2D eigenvalue weighted by molar-refractivity contribution is 0.452. The highest BCUT2D eigenvalue weighted by Gasteiger charge is 2.40. The maximum atomic E-state index is 12.8. The molecular weight excluding hydrogens is 1910 g/mol. The van der Waals surface area contributed by atoms with Crippen LogP contribution < -0.4 is 63.4 Å². The minimum absolute atomic E-state index is 0.126. The number of aromatic nitrogens is 20. The Morgan fingerprint density at radius 3 is 0.956 bits per heavy atom. The zero-order valence-corrected chi connectivity index (χ0v) is 84.7. The van der Waals surface area contributed by atoms with Gasteiger partial charge in [-0.2, -0.15) is 58.9 Å². The zero-order valence-electron chi connectivity index (χ0n) is 78.2. The summed E-state index contributed by atoms with van der Waals surface area (Å²) < 4.78 is 122. The van der Waals surface area contributed by atoms with Crippen molar-refractivity contribution in [3.63, 3.8) is 0 Å². The maximum Gasteiger partial charge on any atom is 0.252 e. The Labute approximate surface area is 807 Å². The highest BCUT2D eigenvalue weighted by molar-refractivity contribution is 7.92. The number of sulfonamides is 4. The lowest BCUT2D eigenvalue weighted by atomic mass is 10.0. The summed E-state index contributed by atoms with van der Waals surface area (Å²) in [6.45, 7) is 13.4. The lowest BCUT2D eigenvalue weighted by Crippen LogP contribution is -2.56. The Morgan fingerprint density at radius 1 is 0.394 bits per heavy atom. The van der Waals surface area contributed by atoms with Gasteiger partial charge in [-0.1, -0.05) is 0 Å². The first-order valence-corrected chi connectivity index (χ1v) is 52.9. The van der Waals surface area contributed by atoms with Crippen LogP contribution in [-0.2, 0) is 68.3 Å². The van der Waals surface area contributed by atoms with Crippen molar-refractivity contribution in [3.8, 4) is 44.5 Å². The minimum atomic E-state index is -3.54. The second-order valence-electron chi connectivity index (χ2n) is 35.2. The molecule has 137 heavy (non-hydrogen) atoms. The largest absolute Gasteiger partial charge is 0.353 e.